The number of halogens is 1. The van der Waals surface area contributed by atoms with Gasteiger partial charge in [-0.25, -0.2) is 9.37 Å². The molecule has 158 valence electrons. The van der Waals surface area contributed by atoms with Crippen molar-refractivity contribution in [2.45, 2.75) is 18.5 Å². The van der Waals surface area contributed by atoms with Gasteiger partial charge in [0.25, 0.3) is 5.56 Å². The number of carbonyl (C=O) groups is 1. The molecule has 2 aromatic heterocycles. The van der Waals surface area contributed by atoms with Gasteiger partial charge in [-0.3, -0.25) is 9.59 Å². The summed E-state index contributed by atoms with van der Waals surface area (Å²) in [5.41, 5.74) is 2.64. The van der Waals surface area contributed by atoms with E-state index >= 15 is 0 Å². The second-order valence-electron chi connectivity index (χ2n) is 6.97. The topological polar surface area (TPSA) is 74.8 Å². The monoisotopic (exact) mass is 453 g/mol. The number of nitrogens with zero attached hydrogens (tertiary/aromatic N) is 1. The Labute approximate surface area is 186 Å². The molecule has 0 aliphatic heterocycles. The number of aryl methyl sites for hydroxylation is 1. The zero-order valence-electron chi connectivity index (χ0n) is 16.8. The van der Waals surface area contributed by atoms with E-state index in [1.165, 1.54) is 35.2 Å². The molecule has 31 heavy (non-hydrogen) atoms. The number of aromatic amines is 1. The molecule has 2 N–H and O–H groups in total. The molecule has 0 saturated heterocycles. The Balaban J connectivity index is 1.40. The van der Waals surface area contributed by atoms with Gasteiger partial charge in [0.05, 0.1) is 11.1 Å². The highest BCUT2D eigenvalue weighted by Crippen LogP contribution is 2.35. The van der Waals surface area contributed by atoms with Gasteiger partial charge in [0.15, 0.2) is 5.16 Å². The summed E-state index contributed by atoms with van der Waals surface area (Å²) in [6.07, 6.45) is 0.620. The number of aromatic nitrogens is 2. The molecule has 0 aliphatic rings. The van der Waals surface area contributed by atoms with Crippen molar-refractivity contribution >= 4 is 39.2 Å². The third-order valence-corrected chi connectivity index (χ3v) is 6.64. The van der Waals surface area contributed by atoms with Gasteiger partial charge in [0.1, 0.15) is 10.6 Å². The fraction of sp³-hybridized carbons (Fsp3) is 0.174. The first-order valence-corrected chi connectivity index (χ1v) is 11.5. The second kappa shape index (κ2) is 9.45. The summed E-state index contributed by atoms with van der Waals surface area (Å²) in [5.74, 6) is -0.282. The number of benzene rings is 2. The Hall–Kier alpha value is -2.97. The molecule has 0 unspecified atom stereocenters. The minimum absolute atomic E-state index is 0.147. The van der Waals surface area contributed by atoms with E-state index < -0.39 is 0 Å². The summed E-state index contributed by atoms with van der Waals surface area (Å²) >= 11 is 2.67. The molecular weight excluding hydrogens is 433 g/mol. The molecule has 4 rings (SSSR count). The Kier molecular flexibility index (Phi) is 6.48. The first-order valence-electron chi connectivity index (χ1n) is 9.74. The molecule has 0 aliphatic carbocycles. The SMILES string of the molecule is Cc1sc2nc(SCC(=O)NCCc3ccc(F)cc3)[nH]c(=O)c2c1-c1ccccc1. The van der Waals surface area contributed by atoms with Gasteiger partial charge >= 0.3 is 0 Å². The lowest BCUT2D eigenvalue weighted by atomic mass is 10.0. The lowest BCUT2D eigenvalue weighted by molar-refractivity contribution is -0.118. The zero-order chi connectivity index (χ0) is 21.8. The van der Waals surface area contributed by atoms with Crippen LogP contribution < -0.4 is 10.9 Å². The Morgan fingerprint density at radius 2 is 1.90 bits per heavy atom. The molecule has 4 aromatic rings. The van der Waals surface area contributed by atoms with E-state index in [4.69, 9.17) is 0 Å². The molecule has 0 radical (unpaired) electrons. The maximum absolute atomic E-state index is 12.9. The molecular formula is C23H20FN3O2S2. The maximum Gasteiger partial charge on any atom is 0.260 e. The highest BCUT2D eigenvalue weighted by atomic mass is 32.2. The van der Waals surface area contributed by atoms with Gasteiger partial charge in [0.2, 0.25) is 5.91 Å². The van der Waals surface area contributed by atoms with Crippen molar-refractivity contribution < 1.29 is 9.18 Å². The number of amides is 1. The Morgan fingerprint density at radius 3 is 2.65 bits per heavy atom. The van der Waals surface area contributed by atoms with Gasteiger partial charge in [0, 0.05) is 17.0 Å². The van der Waals surface area contributed by atoms with Crippen LogP contribution in [0.2, 0.25) is 0 Å². The number of nitrogens with one attached hydrogen (secondary N) is 2. The van der Waals surface area contributed by atoms with Crippen LogP contribution in [0.25, 0.3) is 21.3 Å². The fourth-order valence-corrected chi connectivity index (χ4v) is 5.10. The summed E-state index contributed by atoms with van der Waals surface area (Å²) < 4.78 is 12.9. The van der Waals surface area contributed by atoms with E-state index in [1.54, 1.807) is 12.1 Å². The zero-order valence-corrected chi connectivity index (χ0v) is 18.4. The summed E-state index contributed by atoms with van der Waals surface area (Å²) in [4.78, 5) is 34.0. The van der Waals surface area contributed by atoms with Crippen LogP contribution in [0.15, 0.2) is 64.5 Å². The number of H-pyrrole nitrogens is 1. The molecule has 0 fully saturated rings. The van der Waals surface area contributed by atoms with Gasteiger partial charge in [-0.1, -0.05) is 54.2 Å². The Morgan fingerprint density at radius 1 is 1.16 bits per heavy atom. The second-order valence-corrected chi connectivity index (χ2v) is 9.13. The maximum atomic E-state index is 12.9. The number of fused-ring (bicyclic) bond motifs is 1. The predicted octanol–water partition coefficient (Wildman–Crippen LogP) is 4.55. The number of hydrogen-bond acceptors (Lipinski definition) is 5. The lowest BCUT2D eigenvalue weighted by Crippen LogP contribution is -2.27. The fourth-order valence-electron chi connectivity index (χ4n) is 3.30. The largest absolute Gasteiger partial charge is 0.355 e. The minimum atomic E-state index is -0.278. The smallest absolute Gasteiger partial charge is 0.260 e. The summed E-state index contributed by atoms with van der Waals surface area (Å²) in [5, 5.41) is 3.84. The number of hydrogen-bond donors (Lipinski definition) is 2. The van der Waals surface area contributed by atoms with Crippen LogP contribution in [0.1, 0.15) is 10.4 Å². The average molecular weight is 454 g/mol. The van der Waals surface area contributed by atoms with Crippen LogP contribution in [0.3, 0.4) is 0 Å². The summed E-state index contributed by atoms with van der Waals surface area (Å²) in [7, 11) is 0. The van der Waals surface area contributed by atoms with Crippen molar-refractivity contribution in [2.75, 3.05) is 12.3 Å². The number of thiophene rings is 1. The lowest BCUT2D eigenvalue weighted by Gasteiger charge is -2.05. The van der Waals surface area contributed by atoms with Crippen molar-refractivity contribution in [1.29, 1.82) is 0 Å². The Bertz CT molecular complexity index is 1270. The van der Waals surface area contributed by atoms with Crippen LogP contribution in [-0.2, 0) is 11.2 Å². The first-order chi connectivity index (χ1) is 15.0. The van der Waals surface area contributed by atoms with E-state index in [2.05, 4.69) is 15.3 Å². The molecule has 2 heterocycles. The third-order valence-electron chi connectivity index (χ3n) is 4.77. The van der Waals surface area contributed by atoms with Crippen molar-refractivity contribution in [3.8, 4) is 11.1 Å². The molecule has 0 atom stereocenters. The van der Waals surface area contributed by atoms with Crippen LogP contribution in [0, 0.1) is 12.7 Å². The van der Waals surface area contributed by atoms with Crippen LogP contribution in [-0.4, -0.2) is 28.2 Å². The van der Waals surface area contributed by atoms with E-state index in [-0.39, 0.29) is 23.0 Å². The first kappa shape index (κ1) is 21.3. The average Bonchev–Trinajstić information content (AvgIpc) is 3.10. The van der Waals surface area contributed by atoms with Crippen LogP contribution in [0.5, 0.6) is 0 Å². The molecule has 8 heteroatoms. The van der Waals surface area contributed by atoms with E-state index in [0.29, 0.717) is 28.3 Å². The molecule has 1 amide bonds. The minimum Gasteiger partial charge on any atom is -0.355 e. The molecule has 2 aromatic carbocycles. The normalized spacial score (nSPS) is 11.0. The van der Waals surface area contributed by atoms with E-state index in [1.807, 2.05) is 37.3 Å². The number of rotatable bonds is 7. The predicted molar refractivity (Wildman–Crippen MR) is 124 cm³/mol. The van der Waals surface area contributed by atoms with Crippen molar-refractivity contribution in [1.82, 2.24) is 15.3 Å². The molecule has 0 bridgehead atoms. The summed E-state index contributed by atoms with van der Waals surface area (Å²) in [6.45, 7) is 2.44. The van der Waals surface area contributed by atoms with Crippen molar-refractivity contribution in [3.63, 3.8) is 0 Å². The highest BCUT2D eigenvalue weighted by Gasteiger charge is 2.17. The molecule has 0 spiro atoms. The van der Waals surface area contributed by atoms with Gasteiger partial charge < -0.3 is 10.3 Å². The third kappa shape index (κ3) is 5.03. The van der Waals surface area contributed by atoms with Crippen molar-refractivity contribution in [3.05, 3.63) is 81.2 Å². The van der Waals surface area contributed by atoms with Gasteiger partial charge in [-0.2, -0.15) is 0 Å². The quantitative estimate of drug-likeness (QED) is 0.318. The van der Waals surface area contributed by atoms with E-state index in [9.17, 15) is 14.0 Å². The summed E-state index contributed by atoms with van der Waals surface area (Å²) in [6, 6.07) is 16.0. The number of thioether (sulfide) groups is 1. The number of carbonyl (C=O) groups excluding carboxylic acids is 1. The highest BCUT2D eigenvalue weighted by molar-refractivity contribution is 7.99. The van der Waals surface area contributed by atoms with Crippen molar-refractivity contribution in [2.24, 2.45) is 0 Å². The van der Waals surface area contributed by atoms with Crippen LogP contribution in [0.4, 0.5) is 4.39 Å². The standard InChI is InChI=1S/C23H20FN3O2S2/c1-14-19(16-5-3-2-4-6-16)20-21(29)26-23(27-22(20)31-14)30-13-18(28)25-12-11-15-7-9-17(24)10-8-15/h2-10H,11-13H2,1H3,(H,25,28)(H,26,27,29). The van der Waals surface area contributed by atoms with E-state index in [0.717, 1.165) is 21.6 Å². The molecule has 5 nitrogen and oxygen atoms in total. The molecule has 0 saturated carbocycles. The van der Waals surface area contributed by atoms with Gasteiger partial charge in [-0.15, -0.1) is 11.3 Å². The van der Waals surface area contributed by atoms with Gasteiger partial charge in [-0.05, 0) is 36.6 Å². The van der Waals surface area contributed by atoms with Crippen LogP contribution >= 0.6 is 23.1 Å².